The molecule has 1 aromatic rings. The van der Waals surface area contributed by atoms with Gasteiger partial charge in [0.05, 0.1) is 18.2 Å². The number of methoxy groups -OCH3 is 1. The number of phenols is 1. The summed E-state index contributed by atoms with van der Waals surface area (Å²) in [5.74, 6) is -0.572. The van der Waals surface area contributed by atoms with Crippen molar-refractivity contribution in [2.45, 2.75) is 0 Å². The quantitative estimate of drug-likeness (QED) is 0.295. The van der Waals surface area contributed by atoms with E-state index in [9.17, 15) is 15.2 Å². The molecule has 5 N–H and O–H groups in total. The van der Waals surface area contributed by atoms with Crippen molar-refractivity contribution in [3.8, 4) is 11.5 Å². The Hall–Kier alpha value is -2.84. The molecule has 1 rings (SSSR count). The third kappa shape index (κ3) is 3.07. The van der Waals surface area contributed by atoms with Crippen LogP contribution in [-0.2, 0) is 0 Å². The second-order valence-corrected chi connectivity index (χ2v) is 3.11. The summed E-state index contributed by atoms with van der Waals surface area (Å²) in [6.07, 6.45) is 1.08. The van der Waals surface area contributed by atoms with Gasteiger partial charge < -0.3 is 21.3 Å². The largest absolute Gasteiger partial charge is 0.507 e. The number of nitro benzene ring substituents is 1. The van der Waals surface area contributed by atoms with E-state index in [0.29, 0.717) is 0 Å². The topological polar surface area (TPSA) is 149 Å². The zero-order chi connectivity index (χ0) is 13.7. The van der Waals surface area contributed by atoms with Gasteiger partial charge in [-0.05, 0) is 0 Å². The molecule has 1 aromatic carbocycles. The fraction of sp³-hybridized carbons (Fsp3) is 0.111. The zero-order valence-electron chi connectivity index (χ0n) is 9.40. The normalized spacial score (nSPS) is 10.3. The third-order valence-electron chi connectivity index (χ3n) is 1.89. The average Bonchev–Trinajstić information content (AvgIpc) is 2.29. The molecular weight excluding hydrogens is 242 g/mol. The molecule has 0 radical (unpaired) electrons. The van der Waals surface area contributed by atoms with Gasteiger partial charge in [0.25, 0.3) is 0 Å². The Kier molecular flexibility index (Phi) is 4.02. The van der Waals surface area contributed by atoms with Crippen LogP contribution in [0.1, 0.15) is 5.56 Å². The van der Waals surface area contributed by atoms with E-state index >= 15 is 0 Å². The van der Waals surface area contributed by atoms with E-state index in [-0.39, 0.29) is 28.7 Å². The Morgan fingerprint density at radius 1 is 1.56 bits per heavy atom. The van der Waals surface area contributed by atoms with Gasteiger partial charge in [0.1, 0.15) is 5.75 Å². The molecule has 9 heteroatoms. The fourth-order valence-electron chi connectivity index (χ4n) is 1.14. The van der Waals surface area contributed by atoms with Crippen LogP contribution < -0.4 is 16.2 Å². The lowest BCUT2D eigenvalue weighted by atomic mass is 10.2. The number of guanidine groups is 1. The van der Waals surface area contributed by atoms with Crippen LogP contribution in [0.2, 0.25) is 0 Å². The van der Waals surface area contributed by atoms with Crippen LogP contribution in [0, 0.1) is 10.1 Å². The van der Waals surface area contributed by atoms with Gasteiger partial charge in [-0.3, -0.25) is 10.1 Å². The number of nitro groups is 1. The van der Waals surface area contributed by atoms with E-state index < -0.39 is 4.92 Å². The Labute approximate surface area is 102 Å². The minimum Gasteiger partial charge on any atom is -0.507 e. The lowest BCUT2D eigenvalue weighted by Gasteiger charge is -2.04. The first-order valence-electron chi connectivity index (χ1n) is 4.63. The average molecular weight is 253 g/mol. The highest BCUT2D eigenvalue weighted by Crippen LogP contribution is 2.32. The van der Waals surface area contributed by atoms with Crippen molar-refractivity contribution in [3.05, 3.63) is 27.8 Å². The first-order chi connectivity index (χ1) is 8.45. The number of hydrogen-bond donors (Lipinski definition) is 3. The Morgan fingerprint density at radius 2 is 2.22 bits per heavy atom. The number of phenolic OH excluding ortho intramolecular Hbond substituents is 1. The summed E-state index contributed by atoms with van der Waals surface area (Å²) in [6, 6.07) is 2.20. The molecule has 9 nitrogen and oxygen atoms in total. The molecule has 0 bridgehead atoms. The standard InChI is InChI=1S/C9H11N5O4/c1-18-8-3-7(15)5(2-6(8)14(16)17)4-12-13-9(10)11/h2-4,15H,1H3,(H4,10,11,13). The molecule has 18 heavy (non-hydrogen) atoms. The second kappa shape index (κ2) is 5.48. The maximum Gasteiger partial charge on any atom is 0.311 e. The molecular formula is C9H11N5O4. The Morgan fingerprint density at radius 3 is 2.72 bits per heavy atom. The van der Waals surface area contributed by atoms with Crippen molar-refractivity contribution < 1.29 is 14.8 Å². The number of nitrogens with zero attached hydrogens (tertiary/aromatic N) is 3. The van der Waals surface area contributed by atoms with Crippen LogP contribution >= 0.6 is 0 Å². The lowest BCUT2D eigenvalue weighted by molar-refractivity contribution is -0.385. The highest BCUT2D eigenvalue weighted by molar-refractivity contribution is 5.86. The summed E-state index contributed by atoms with van der Waals surface area (Å²) >= 11 is 0. The van der Waals surface area contributed by atoms with Crippen LogP contribution in [0.5, 0.6) is 11.5 Å². The maximum absolute atomic E-state index is 10.8. The van der Waals surface area contributed by atoms with Crippen molar-refractivity contribution >= 4 is 17.9 Å². The molecule has 0 heterocycles. The molecule has 0 aromatic heterocycles. The molecule has 0 spiro atoms. The van der Waals surface area contributed by atoms with Gasteiger partial charge >= 0.3 is 5.69 Å². The lowest BCUT2D eigenvalue weighted by Crippen LogP contribution is -2.21. The second-order valence-electron chi connectivity index (χ2n) is 3.11. The number of nitrogens with two attached hydrogens (primary N) is 2. The predicted molar refractivity (Wildman–Crippen MR) is 64.7 cm³/mol. The summed E-state index contributed by atoms with van der Waals surface area (Å²) < 4.78 is 4.77. The molecule has 0 aliphatic carbocycles. The maximum atomic E-state index is 10.8. The van der Waals surface area contributed by atoms with Crippen LogP contribution in [-0.4, -0.2) is 29.3 Å². The molecule has 0 amide bonds. The number of rotatable bonds is 4. The number of ether oxygens (including phenoxy) is 1. The van der Waals surface area contributed by atoms with E-state index in [0.717, 1.165) is 18.3 Å². The van der Waals surface area contributed by atoms with E-state index in [1.807, 2.05) is 0 Å². The fourth-order valence-corrected chi connectivity index (χ4v) is 1.14. The van der Waals surface area contributed by atoms with Crippen LogP contribution in [0.4, 0.5) is 5.69 Å². The molecule has 0 saturated carbocycles. The van der Waals surface area contributed by atoms with Crippen molar-refractivity contribution in [2.24, 2.45) is 21.7 Å². The van der Waals surface area contributed by atoms with Crippen LogP contribution in [0.3, 0.4) is 0 Å². The van der Waals surface area contributed by atoms with Crippen LogP contribution in [0.15, 0.2) is 22.3 Å². The van der Waals surface area contributed by atoms with Gasteiger partial charge in [-0.15, -0.1) is 5.10 Å². The van der Waals surface area contributed by atoms with Crippen molar-refractivity contribution in [1.29, 1.82) is 0 Å². The number of aromatic hydroxyl groups is 1. The van der Waals surface area contributed by atoms with Gasteiger partial charge in [-0.2, -0.15) is 5.10 Å². The Balaban J connectivity index is 3.21. The third-order valence-corrected chi connectivity index (χ3v) is 1.89. The highest BCUT2D eigenvalue weighted by atomic mass is 16.6. The molecule has 0 fully saturated rings. The summed E-state index contributed by atoms with van der Waals surface area (Å²) in [7, 11) is 1.26. The smallest absolute Gasteiger partial charge is 0.311 e. The van der Waals surface area contributed by atoms with Crippen LogP contribution in [0.25, 0.3) is 0 Å². The molecule has 0 aliphatic rings. The van der Waals surface area contributed by atoms with Gasteiger partial charge in [0, 0.05) is 17.7 Å². The van der Waals surface area contributed by atoms with Gasteiger partial charge in [-0.25, -0.2) is 0 Å². The predicted octanol–water partition coefficient (Wildman–Crippen LogP) is -0.0837. The highest BCUT2D eigenvalue weighted by Gasteiger charge is 2.17. The monoisotopic (exact) mass is 253 g/mol. The minimum absolute atomic E-state index is 0.0588. The van der Waals surface area contributed by atoms with E-state index in [2.05, 4.69) is 10.2 Å². The summed E-state index contributed by atoms with van der Waals surface area (Å²) in [6.45, 7) is 0. The van der Waals surface area contributed by atoms with Gasteiger partial charge in [-0.1, -0.05) is 0 Å². The van der Waals surface area contributed by atoms with E-state index in [4.69, 9.17) is 16.2 Å². The van der Waals surface area contributed by atoms with Crippen molar-refractivity contribution in [2.75, 3.05) is 7.11 Å². The molecule has 0 unspecified atom stereocenters. The van der Waals surface area contributed by atoms with Gasteiger partial charge in [0.15, 0.2) is 0 Å². The Bertz CT molecular complexity index is 522. The first kappa shape index (κ1) is 13.2. The SMILES string of the molecule is COc1cc(O)c(C=NN=C(N)N)cc1[N+](=O)[O-]. The molecule has 0 aliphatic heterocycles. The van der Waals surface area contributed by atoms with E-state index in [1.165, 1.54) is 7.11 Å². The molecule has 0 atom stereocenters. The summed E-state index contributed by atoms with van der Waals surface area (Å²) in [4.78, 5) is 10.1. The summed E-state index contributed by atoms with van der Waals surface area (Å²) in [5, 5.41) is 27.1. The molecule has 96 valence electrons. The minimum atomic E-state index is -0.643. The molecule has 0 saturated heterocycles. The first-order valence-corrected chi connectivity index (χ1v) is 4.63. The number of hydrogen-bond acceptors (Lipinski definition) is 6. The zero-order valence-corrected chi connectivity index (χ0v) is 9.40. The van der Waals surface area contributed by atoms with Crippen molar-refractivity contribution in [1.82, 2.24) is 0 Å². The number of benzene rings is 1. The van der Waals surface area contributed by atoms with Gasteiger partial charge in [0.2, 0.25) is 11.7 Å². The summed E-state index contributed by atoms with van der Waals surface area (Å²) in [5.41, 5.74) is 9.87. The van der Waals surface area contributed by atoms with Crippen molar-refractivity contribution in [3.63, 3.8) is 0 Å². The van der Waals surface area contributed by atoms with E-state index in [1.54, 1.807) is 0 Å².